The van der Waals surface area contributed by atoms with Gasteiger partial charge in [0.15, 0.2) is 17.2 Å². The molecule has 0 spiro atoms. The second kappa shape index (κ2) is 7.47. The summed E-state index contributed by atoms with van der Waals surface area (Å²) < 4.78 is 17.3. The van der Waals surface area contributed by atoms with E-state index >= 15 is 0 Å². The number of nitro benzene ring substituents is 1. The SMILES string of the molecule is COc1ccc(-c2c(-c3cc(OC)c(OC)c([N+](=O)[O-])c3)ncn2C)cc1O. The van der Waals surface area contributed by atoms with E-state index in [0.29, 0.717) is 28.3 Å². The number of aromatic nitrogens is 2. The summed E-state index contributed by atoms with van der Waals surface area (Å²) in [6.07, 6.45) is 1.59. The summed E-state index contributed by atoms with van der Waals surface area (Å²) in [7, 11) is 6.01. The molecular formula is C19H19N3O6. The first-order chi connectivity index (χ1) is 13.4. The highest BCUT2D eigenvalue weighted by Gasteiger charge is 2.24. The Morgan fingerprint density at radius 2 is 1.75 bits per heavy atom. The summed E-state index contributed by atoms with van der Waals surface area (Å²) in [5.74, 6) is 0.580. The number of benzene rings is 2. The maximum Gasteiger partial charge on any atom is 0.315 e. The third-order valence-electron chi connectivity index (χ3n) is 4.32. The molecule has 0 bridgehead atoms. The predicted molar refractivity (Wildman–Crippen MR) is 102 cm³/mol. The fourth-order valence-electron chi connectivity index (χ4n) is 3.04. The van der Waals surface area contributed by atoms with Crippen LogP contribution in [0.2, 0.25) is 0 Å². The van der Waals surface area contributed by atoms with Crippen molar-refractivity contribution in [2.75, 3.05) is 21.3 Å². The smallest absolute Gasteiger partial charge is 0.315 e. The van der Waals surface area contributed by atoms with Gasteiger partial charge in [0, 0.05) is 24.2 Å². The molecule has 146 valence electrons. The number of rotatable bonds is 6. The number of phenols is 1. The maximum absolute atomic E-state index is 11.5. The summed E-state index contributed by atoms with van der Waals surface area (Å²) in [5.41, 5.74) is 2.09. The molecule has 28 heavy (non-hydrogen) atoms. The fraction of sp³-hybridized carbons (Fsp3) is 0.211. The van der Waals surface area contributed by atoms with Crippen LogP contribution < -0.4 is 14.2 Å². The van der Waals surface area contributed by atoms with Crippen LogP contribution in [0, 0.1) is 10.1 Å². The molecule has 0 saturated heterocycles. The minimum Gasteiger partial charge on any atom is -0.504 e. The van der Waals surface area contributed by atoms with Gasteiger partial charge in [0.1, 0.15) is 0 Å². The van der Waals surface area contributed by atoms with E-state index in [1.807, 2.05) is 0 Å². The van der Waals surface area contributed by atoms with Crippen LogP contribution in [0.15, 0.2) is 36.7 Å². The Hall–Kier alpha value is -3.75. The highest BCUT2D eigenvalue weighted by Crippen LogP contribution is 2.43. The third-order valence-corrected chi connectivity index (χ3v) is 4.32. The molecule has 3 rings (SSSR count). The van der Waals surface area contributed by atoms with Crippen molar-refractivity contribution in [3.8, 4) is 45.5 Å². The minimum atomic E-state index is -0.535. The Bertz CT molecular complexity index is 1040. The molecule has 0 amide bonds. The molecule has 2 aromatic carbocycles. The normalized spacial score (nSPS) is 10.6. The maximum atomic E-state index is 11.5. The van der Waals surface area contributed by atoms with Gasteiger partial charge in [-0.15, -0.1) is 0 Å². The average molecular weight is 385 g/mol. The van der Waals surface area contributed by atoms with Gasteiger partial charge in [-0.25, -0.2) is 4.98 Å². The van der Waals surface area contributed by atoms with E-state index in [1.165, 1.54) is 27.4 Å². The van der Waals surface area contributed by atoms with E-state index in [2.05, 4.69) is 4.98 Å². The Morgan fingerprint density at radius 1 is 1.04 bits per heavy atom. The molecule has 0 saturated carbocycles. The summed E-state index contributed by atoms with van der Waals surface area (Å²) in [6, 6.07) is 7.97. The quantitative estimate of drug-likeness (QED) is 0.512. The van der Waals surface area contributed by atoms with Crippen molar-refractivity contribution in [2.45, 2.75) is 0 Å². The molecule has 0 radical (unpaired) electrons. The molecule has 0 atom stereocenters. The van der Waals surface area contributed by atoms with E-state index in [0.717, 1.165) is 0 Å². The minimum absolute atomic E-state index is 0.0227. The van der Waals surface area contributed by atoms with Gasteiger partial charge in [0.05, 0.1) is 44.0 Å². The van der Waals surface area contributed by atoms with Crippen LogP contribution in [0.1, 0.15) is 0 Å². The molecule has 9 heteroatoms. The molecule has 3 aromatic rings. The first kappa shape index (κ1) is 19.0. The zero-order valence-corrected chi connectivity index (χ0v) is 15.8. The predicted octanol–water partition coefficient (Wildman–Crippen LogP) is 3.39. The standard InChI is InChI=1S/C19H19N3O6/c1-21-10-20-17(18(21)11-5-6-15(26-2)14(23)8-11)12-7-13(22(24)25)19(28-4)16(9-12)27-3/h5-10,23H,1-4H3. The number of methoxy groups -OCH3 is 3. The van der Waals surface area contributed by atoms with Gasteiger partial charge >= 0.3 is 5.69 Å². The number of nitrogens with zero attached hydrogens (tertiary/aromatic N) is 3. The van der Waals surface area contributed by atoms with Crippen molar-refractivity contribution < 1.29 is 24.2 Å². The third kappa shape index (κ3) is 3.18. The Labute approximate surface area is 160 Å². The van der Waals surface area contributed by atoms with E-state index < -0.39 is 4.92 Å². The van der Waals surface area contributed by atoms with Crippen molar-refractivity contribution in [3.63, 3.8) is 0 Å². The lowest BCUT2D eigenvalue weighted by Gasteiger charge is -2.12. The average Bonchev–Trinajstić information content (AvgIpc) is 3.08. The zero-order valence-electron chi connectivity index (χ0n) is 15.8. The lowest BCUT2D eigenvalue weighted by molar-refractivity contribution is -0.385. The molecule has 9 nitrogen and oxygen atoms in total. The van der Waals surface area contributed by atoms with Gasteiger partial charge in [0.2, 0.25) is 5.75 Å². The Balaban J connectivity index is 2.23. The largest absolute Gasteiger partial charge is 0.504 e. The van der Waals surface area contributed by atoms with E-state index in [-0.39, 0.29) is 22.9 Å². The molecular weight excluding hydrogens is 366 g/mol. The molecule has 1 heterocycles. The monoisotopic (exact) mass is 385 g/mol. The number of aryl methyl sites for hydroxylation is 1. The molecule has 0 aliphatic carbocycles. The highest BCUT2D eigenvalue weighted by molar-refractivity contribution is 5.82. The van der Waals surface area contributed by atoms with Crippen molar-refractivity contribution >= 4 is 5.69 Å². The van der Waals surface area contributed by atoms with Crippen molar-refractivity contribution in [1.29, 1.82) is 0 Å². The molecule has 1 N–H and O–H groups in total. The fourth-order valence-corrected chi connectivity index (χ4v) is 3.04. The van der Waals surface area contributed by atoms with Crippen molar-refractivity contribution in [3.05, 3.63) is 46.8 Å². The first-order valence-corrected chi connectivity index (χ1v) is 8.20. The van der Waals surface area contributed by atoms with Gasteiger partial charge in [-0.3, -0.25) is 10.1 Å². The molecule has 0 fully saturated rings. The van der Waals surface area contributed by atoms with Crippen LogP contribution in [0.3, 0.4) is 0 Å². The Kier molecular flexibility index (Phi) is 5.08. The number of nitro groups is 1. The van der Waals surface area contributed by atoms with Gasteiger partial charge in [0.25, 0.3) is 0 Å². The molecule has 1 aromatic heterocycles. The topological polar surface area (TPSA) is 109 Å². The van der Waals surface area contributed by atoms with Gasteiger partial charge < -0.3 is 23.9 Å². The Morgan fingerprint density at radius 3 is 2.32 bits per heavy atom. The number of hydrogen-bond acceptors (Lipinski definition) is 7. The molecule has 0 unspecified atom stereocenters. The van der Waals surface area contributed by atoms with Crippen molar-refractivity contribution in [2.24, 2.45) is 7.05 Å². The number of aromatic hydroxyl groups is 1. The first-order valence-electron chi connectivity index (χ1n) is 8.20. The number of imidazole rings is 1. The van der Waals surface area contributed by atoms with Gasteiger partial charge in [-0.1, -0.05) is 0 Å². The summed E-state index contributed by atoms with van der Waals surface area (Å²) in [6.45, 7) is 0. The van der Waals surface area contributed by atoms with Crippen LogP contribution in [0.4, 0.5) is 5.69 Å². The van der Waals surface area contributed by atoms with Crippen LogP contribution in [0.25, 0.3) is 22.5 Å². The van der Waals surface area contributed by atoms with E-state index in [1.54, 1.807) is 42.2 Å². The van der Waals surface area contributed by atoms with Crippen LogP contribution in [-0.4, -0.2) is 40.9 Å². The number of phenolic OH excluding ortho intramolecular Hbond substituents is 1. The van der Waals surface area contributed by atoms with Gasteiger partial charge in [-0.05, 0) is 24.3 Å². The van der Waals surface area contributed by atoms with Crippen molar-refractivity contribution in [1.82, 2.24) is 9.55 Å². The second-order valence-corrected chi connectivity index (χ2v) is 5.93. The molecule has 0 aliphatic rings. The van der Waals surface area contributed by atoms with E-state index in [9.17, 15) is 15.2 Å². The lowest BCUT2D eigenvalue weighted by Crippen LogP contribution is -1.99. The lowest BCUT2D eigenvalue weighted by atomic mass is 10.0. The number of ether oxygens (including phenoxy) is 3. The van der Waals surface area contributed by atoms with Crippen LogP contribution in [0.5, 0.6) is 23.0 Å². The highest BCUT2D eigenvalue weighted by atomic mass is 16.6. The summed E-state index contributed by atoms with van der Waals surface area (Å²) in [5, 5.41) is 21.6. The summed E-state index contributed by atoms with van der Waals surface area (Å²) >= 11 is 0. The number of hydrogen-bond donors (Lipinski definition) is 1. The summed E-state index contributed by atoms with van der Waals surface area (Å²) in [4.78, 5) is 15.4. The van der Waals surface area contributed by atoms with Gasteiger partial charge in [-0.2, -0.15) is 0 Å². The van der Waals surface area contributed by atoms with Crippen LogP contribution >= 0.6 is 0 Å². The molecule has 0 aliphatic heterocycles. The van der Waals surface area contributed by atoms with Crippen LogP contribution in [-0.2, 0) is 7.05 Å². The zero-order chi connectivity index (χ0) is 20.4. The second-order valence-electron chi connectivity index (χ2n) is 5.93. The van der Waals surface area contributed by atoms with E-state index in [4.69, 9.17) is 14.2 Å².